The second-order valence-electron chi connectivity index (χ2n) is 6.35. The summed E-state index contributed by atoms with van der Waals surface area (Å²) in [5, 5.41) is 2.89. The van der Waals surface area contributed by atoms with Crippen LogP contribution in [0.25, 0.3) is 0 Å². The van der Waals surface area contributed by atoms with Gasteiger partial charge in [-0.05, 0) is 36.5 Å². The molecule has 1 aliphatic carbocycles. The first kappa shape index (κ1) is 18.8. The monoisotopic (exact) mass is 343 g/mol. The van der Waals surface area contributed by atoms with E-state index in [-0.39, 0.29) is 12.5 Å². The van der Waals surface area contributed by atoms with Gasteiger partial charge in [0.05, 0.1) is 6.61 Å². The molecule has 3 nitrogen and oxygen atoms in total. The van der Waals surface area contributed by atoms with Crippen LogP contribution in [-0.4, -0.2) is 25.2 Å². The molecule has 2 rings (SSSR count). The molecule has 1 aliphatic rings. The number of ether oxygens (including phenoxy) is 1. The SMILES string of the molecule is O=C(NCCCC1CCCC1)c1ccc(COCC(F)(F)F)cc1. The number of alkyl halides is 3. The highest BCUT2D eigenvalue weighted by molar-refractivity contribution is 5.94. The second kappa shape index (κ2) is 9.06. The standard InChI is InChI=1S/C18H24F3NO2/c19-18(20,21)13-24-12-15-7-9-16(10-8-15)17(23)22-11-3-6-14-4-1-2-5-14/h7-10,14H,1-6,11-13H2,(H,22,23). The summed E-state index contributed by atoms with van der Waals surface area (Å²) in [6.45, 7) is -0.731. The molecule has 24 heavy (non-hydrogen) atoms. The van der Waals surface area contributed by atoms with E-state index in [0.29, 0.717) is 17.7 Å². The Morgan fingerprint density at radius 2 is 1.83 bits per heavy atom. The van der Waals surface area contributed by atoms with E-state index in [4.69, 9.17) is 0 Å². The lowest BCUT2D eigenvalue weighted by atomic mass is 10.0. The molecule has 1 saturated carbocycles. The molecule has 0 saturated heterocycles. The summed E-state index contributed by atoms with van der Waals surface area (Å²) >= 11 is 0. The Bertz CT molecular complexity index is 508. The molecule has 1 aromatic carbocycles. The molecule has 0 spiro atoms. The number of halogens is 3. The van der Waals surface area contributed by atoms with Crippen molar-refractivity contribution < 1.29 is 22.7 Å². The minimum atomic E-state index is -4.32. The van der Waals surface area contributed by atoms with E-state index in [0.717, 1.165) is 18.8 Å². The van der Waals surface area contributed by atoms with E-state index < -0.39 is 12.8 Å². The van der Waals surface area contributed by atoms with Gasteiger partial charge in [0.25, 0.3) is 5.91 Å². The van der Waals surface area contributed by atoms with Crippen LogP contribution in [0.1, 0.15) is 54.4 Å². The summed E-state index contributed by atoms with van der Waals surface area (Å²) in [5.74, 6) is 0.669. The minimum Gasteiger partial charge on any atom is -0.367 e. The Balaban J connectivity index is 1.66. The van der Waals surface area contributed by atoms with Crippen molar-refractivity contribution in [3.8, 4) is 0 Å². The number of hydrogen-bond acceptors (Lipinski definition) is 2. The van der Waals surface area contributed by atoms with Crippen LogP contribution in [0.2, 0.25) is 0 Å². The van der Waals surface area contributed by atoms with Crippen LogP contribution in [0.4, 0.5) is 13.2 Å². The first-order chi connectivity index (χ1) is 11.4. The van der Waals surface area contributed by atoms with Gasteiger partial charge in [-0.1, -0.05) is 37.8 Å². The van der Waals surface area contributed by atoms with E-state index in [1.807, 2.05) is 0 Å². The maximum Gasteiger partial charge on any atom is 0.411 e. The van der Waals surface area contributed by atoms with Crippen molar-refractivity contribution in [2.24, 2.45) is 5.92 Å². The van der Waals surface area contributed by atoms with Crippen molar-refractivity contribution in [1.82, 2.24) is 5.32 Å². The fourth-order valence-corrected chi connectivity index (χ4v) is 3.03. The summed E-state index contributed by atoms with van der Waals surface area (Å²) < 4.78 is 40.6. The van der Waals surface area contributed by atoms with Crippen molar-refractivity contribution in [3.63, 3.8) is 0 Å². The lowest BCUT2D eigenvalue weighted by molar-refractivity contribution is -0.176. The van der Waals surface area contributed by atoms with Gasteiger partial charge in [0.1, 0.15) is 6.61 Å². The summed E-state index contributed by atoms with van der Waals surface area (Å²) in [6.07, 6.45) is 3.11. The molecule has 0 unspecified atom stereocenters. The smallest absolute Gasteiger partial charge is 0.367 e. The van der Waals surface area contributed by atoms with Gasteiger partial charge in [0.2, 0.25) is 0 Å². The molecule has 1 amide bonds. The number of carbonyl (C=O) groups is 1. The molecule has 0 aromatic heterocycles. The van der Waals surface area contributed by atoms with E-state index in [1.54, 1.807) is 24.3 Å². The molecule has 1 aromatic rings. The second-order valence-corrected chi connectivity index (χ2v) is 6.35. The minimum absolute atomic E-state index is 0.122. The van der Waals surface area contributed by atoms with E-state index >= 15 is 0 Å². The quantitative estimate of drug-likeness (QED) is 0.708. The van der Waals surface area contributed by atoms with Gasteiger partial charge in [-0.3, -0.25) is 4.79 Å². The number of benzene rings is 1. The summed E-state index contributed by atoms with van der Waals surface area (Å²) in [4.78, 5) is 12.0. The van der Waals surface area contributed by atoms with Gasteiger partial charge in [0, 0.05) is 12.1 Å². The maximum absolute atomic E-state index is 12.0. The van der Waals surface area contributed by atoms with Gasteiger partial charge in [-0.25, -0.2) is 0 Å². The molecular weight excluding hydrogens is 319 g/mol. The molecular formula is C18H24F3NO2. The van der Waals surface area contributed by atoms with E-state index in [1.165, 1.54) is 25.7 Å². The lowest BCUT2D eigenvalue weighted by Crippen LogP contribution is -2.24. The van der Waals surface area contributed by atoms with Crippen LogP contribution < -0.4 is 5.32 Å². The number of hydrogen-bond donors (Lipinski definition) is 1. The Kier molecular flexibility index (Phi) is 7.09. The largest absolute Gasteiger partial charge is 0.411 e. The third-order valence-corrected chi connectivity index (χ3v) is 4.30. The highest BCUT2D eigenvalue weighted by Crippen LogP contribution is 2.28. The van der Waals surface area contributed by atoms with E-state index in [2.05, 4.69) is 10.1 Å². The molecule has 0 radical (unpaired) electrons. The molecule has 0 bridgehead atoms. The fraction of sp³-hybridized carbons (Fsp3) is 0.611. The average Bonchev–Trinajstić information content (AvgIpc) is 3.04. The first-order valence-corrected chi connectivity index (χ1v) is 8.46. The van der Waals surface area contributed by atoms with Gasteiger partial charge in [-0.15, -0.1) is 0 Å². The van der Waals surface area contributed by atoms with Crippen molar-refractivity contribution in [3.05, 3.63) is 35.4 Å². The Labute approximate surface area is 140 Å². The molecule has 0 heterocycles. The zero-order chi connectivity index (χ0) is 17.4. The van der Waals surface area contributed by atoms with Crippen LogP contribution in [-0.2, 0) is 11.3 Å². The lowest BCUT2D eigenvalue weighted by Gasteiger charge is -2.10. The van der Waals surface area contributed by atoms with Crippen molar-refractivity contribution in [2.75, 3.05) is 13.2 Å². The highest BCUT2D eigenvalue weighted by Gasteiger charge is 2.27. The Morgan fingerprint density at radius 3 is 2.46 bits per heavy atom. The molecule has 6 heteroatoms. The van der Waals surface area contributed by atoms with Crippen LogP contribution in [0, 0.1) is 5.92 Å². The zero-order valence-corrected chi connectivity index (χ0v) is 13.7. The molecule has 1 N–H and O–H groups in total. The topological polar surface area (TPSA) is 38.3 Å². The average molecular weight is 343 g/mol. The predicted octanol–water partition coefficient (Wildman–Crippen LogP) is 4.47. The highest BCUT2D eigenvalue weighted by atomic mass is 19.4. The van der Waals surface area contributed by atoms with Crippen molar-refractivity contribution >= 4 is 5.91 Å². The molecule has 1 fully saturated rings. The van der Waals surface area contributed by atoms with Gasteiger partial charge >= 0.3 is 6.18 Å². The third kappa shape index (κ3) is 6.91. The van der Waals surface area contributed by atoms with Crippen LogP contribution in [0.3, 0.4) is 0 Å². The number of rotatable bonds is 8. The summed E-state index contributed by atoms with van der Waals surface area (Å²) in [5.41, 5.74) is 1.12. The number of amides is 1. The normalized spacial score (nSPS) is 15.6. The first-order valence-electron chi connectivity index (χ1n) is 8.46. The van der Waals surface area contributed by atoms with Gasteiger partial charge < -0.3 is 10.1 Å². The number of carbonyl (C=O) groups excluding carboxylic acids is 1. The maximum atomic E-state index is 12.0. The van der Waals surface area contributed by atoms with Gasteiger partial charge in [0.15, 0.2) is 0 Å². The van der Waals surface area contributed by atoms with Crippen molar-refractivity contribution in [2.45, 2.75) is 51.3 Å². The fourth-order valence-electron chi connectivity index (χ4n) is 3.03. The zero-order valence-electron chi connectivity index (χ0n) is 13.7. The molecule has 134 valence electrons. The van der Waals surface area contributed by atoms with Gasteiger partial charge in [-0.2, -0.15) is 13.2 Å². The van der Waals surface area contributed by atoms with Crippen LogP contribution >= 0.6 is 0 Å². The molecule has 0 aliphatic heterocycles. The predicted molar refractivity (Wildman–Crippen MR) is 85.7 cm³/mol. The summed E-state index contributed by atoms with van der Waals surface area (Å²) in [7, 11) is 0. The third-order valence-electron chi connectivity index (χ3n) is 4.30. The van der Waals surface area contributed by atoms with Crippen molar-refractivity contribution in [1.29, 1.82) is 0 Å². The number of nitrogens with one attached hydrogen (secondary N) is 1. The van der Waals surface area contributed by atoms with Crippen LogP contribution in [0.15, 0.2) is 24.3 Å². The van der Waals surface area contributed by atoms with E-state index in [9.17, 15) is 18.0 Å². The van der Waals surface area contributed by atoms with Crippen LogP contribution in [0.5, 0.6) is 0 Å². The Hall–Kier alpha value is -1.56. The summed E-state index contributed by atoms with van der Waals surface area (Å²) in [6, 6.07) is 6.45. The molecule has 0 atom stereocenters. The Morgan fingerprint density at radius 1 is 1.17 bits per heavy atom.